The van der Waals surface area contributed by atoms with Crippen LogP contribution in [-0.4, -0.2) is 12.4 Å². The summed E-state index contributed by atoms with van der Waals surface area (Å²) in [6, 6.07) is 20.1. The van der Waals surface area contributed by atoms with Crippen molar-refractivity contribution in [1.29, 1.82) is 0 Å². The van der Waals surface area contributed by atoms with Crippen molar-refractivity contribution in [3.8, 4) is 11.3 Å². The number of benzene rings is 3. The number of aryl methyl sites for hydroxylation is 2. The summed E-state index contributed by atoms with van der Waals surface area (Å²) in [7, 11) is -3.83. The number of halogens is 1. The van der Waals surface area contributed by atoms with Crippen LogP contribution in [0.25, 0.3) is 22.2 Å². The lowest BCUT2D eigenvalue weighted by atomic mass is 10.1. The van der Waals surface area contributed by atoms with E-state index in [4.69, 9.17) is 0 Å². The molecule has 3 nitrogen and oxygen atoms in total. The zero-order chi connectivity index (χ0) is 19.2. The molecule has 0 saturated heterocycles. The van der Waals surface area contributed by atoms with Crippen molar-refractivity contribution in [2.45, 2.75) is 18.7 Å². The highest BCUT2D eigenvalue weighted by atomic mass is 32.2. The van der Waals surface area contributed by atoms with Gasteiger partial charge in [-0.15, -0.1) is 0 Å². The fourth-order valence-corrected chi connectivity index (χ4v) is 4.97. The van der Waals surface area contributed by atoms with E-state index in [1.165, 1.54) is 16.1 Å². The summed E-state index contributed by atoms with van der Waals surface area (Å²) < 4.78 is 41.8. The van der Waals surface area contributed by atoms with E-state index in [1.54, 1.807) is 42.5 Å². The number of hydrogen-bond donors (Lipinski definition) is 0. The Kier molecular flexibility index (Phi) is 4.12. The van der Waals surface area contributed by atoms with Crippen LogP contribution >= 0.6 is 0 Å². The quantitative estimate of drug-likeness (QED) is 0.484. The molecule has 4 rings (SSSR count). The summed E-state index contributed by atoms with van der Waals surface area (Å²) in [5, 5.41) is 0.854. The normalized spacial score (nSPS) is 11.8. The number of rotatable bonds is 3. The maximum Gasteiger partial charge on any atom is 0.268 e. The number of nitrogens with zero attached hydrogens (tertiary/aromatic N) is 1. The third-order valence-corrected chi connectivity index (χ3v) is 6.49. The van der Waals surface area contributed by atoms with E-state index in [9.17, 15) is 12.8 Å². The fraction of sp³-hybridized carbons (Fsp3) is 0.0909. The number of aromatic nitrogens is 1. The zero-order valence-electron chi connectivity index (χ0n) is 15.0. The first kappa shape index (κ1) is 17.5. The molecule has 0 aliphatic rings. The van der Waals surface area contributed by atoms with Gasteiger partial charge < -0.3 is 0 Å². The highest BCUT2D eigenvalue weighted by Gasteiger charge is 2.26. The standard InChI is InChI=1S/C22H18FNO2S/c1-15-7-13-19(14-8-15)27(25,26)24-21-6-4-3-5-20(21)16(2)22(24)17-9-11-18(23)12-10-17/h3-14H,1-2H3. The Morgan fingerprint density at radius 1 is 0.815 bits per heavy atom. The van der Waals surface area contributed by atoms with Crippen LogP contribution in [0.3, 0.4) is 0 Å². The Morgan fingerprint density at radius 2 is 1.44 bits per heavy atom. The second kappa shape index (κ2) is 6.35. The van der Waals surface area contributed by atoms with Crippen molar-refractivity contribution < 1.29 is 12.8 Å². The average Bonchev–Trinajstić information content (AvgIpc) is 2.96. The molecule has 1 heterocycles. The van der Waals surface area contributed by atoms with Crippen LogP contribution in [-0.2, 0) is 10.0 Å². The van der Waals surface area contributed by atoms with Crippen molar-refractivity contribution >= 4 is 20.9 Å². The first-order valence-electron chi connectivity index (χ1n) is 8.58. The van der Waals surface area contributed by atoms with Crippen molar-refractivity contribution in [2.75, 3.05) is 0 Å². The molecular weight excluding hydrogens is 361 g/mol. The van der Waals surface area contributed by atoms with Gasteiger partial charge in [-0.2, -0.15) is 0 Å². The van der Waals surface area contributed by atoms with E-state index in [0.717, 1.165) is 16.5 Å². The molecule has 136 valence electrons. The monoisotopic (exact) mass is 379 g/mol. The predicted molar refractivity (Wildman–Crippen MR) is 106 cm³/mol. The molecule has 4 aromatic rings. The van der Waals surface area contributed by atoms with E-state index >= 15 is 0 Å². The molecule has 0 unspecified atom stereocenters. The Balaban J connectivity index is 2.09. The Morgan fingerprint density at radius 3 is 2.11 bits per heavy atom. The first-order valence-corrected chi connectivity index (χ1v) is 10.0. The van der Waals surface area contributed by atoms with Gasteiger partial charge >= 0.3 is 0 Å². The molecule has 0 saturated carbocycles. The van der Waals surface area contributed by atoms with Gasteiger partial charge in [0.1, 0.15) is 5.82 Å². The summed E-state index contributed by atoms with van der Waals surface area (Å²) in [6.07, 6.45) is 0. The van der Waals surface area contributed by atoms with Crippen LogP contribution in [0.15, 0.2) is 77.7 Å². The van der Waals surface area contributed by atoms with Gasteiger partial charge in [-0.3, -0.25) is 0 Å². The molecule has 0 aliphatic heterocycles. The van der Waals surface area contributed by atoms with Crippen LogP contribution in [0.1, 0.15) is 11.1 Å². The molecule has 0 fully saturated rings. The zero-order valence-corrected chi connectivity index (χ0v) is 15.8. The van der Waals surface area contributed by atoms with E-state index in [0.29, 0.717) is 16.8 Å². The molecule has 0 atom stereocenters. The molecule has 27 heavy (non-hydrogen) atoms. The van der Waals surface area contributed by atoms with Gasteiger partial charge in [0.25, 0.3) is 10.0 Å². The number of para-hydroxylation sites is 1. The van der Waals surface area contributed by atoms with Gasteiger partial charge in [-0.1, -0.05) is 35.9 Å². The van der Waals surface area contributed by atoms with E-state index in [-0.39, 0.29) is 10.7 Å². The minimum atomic E-state index is -3.83. The van der Waals surface area contributed by atoms with Gasteiger partial charge in [0.15, 0.2) is 0 Å². The van der Waals surface area contributed by atoms with E-state index in [2.05, 4.69) is 0 Å². The molecule has 0 bridgehead atoms. The summed E-state index contributed by atoms with van der Waals surface area (Å²) in [4.78, 5) is 0.220. The molecule has 0 radical (unpaired) electrons. The minimum Gasteiger partial charge on any atom is -0.233 e. The van der Waals surface area contributed by atoms with Crippen LogP contribution in [0.4, 0.5) is 4.39 Å². The third-order valence-electron chi connectivity index (χ3n) is 4.76. The Bertz CT molecular complexity index is 1240. The van der Waals surface area contributed by atoms with Crippen LogP contribution in [0.2, 0.25) is 0 Å². The van der Waals surface area contributed by atoms with E-state index < -0.39 is 10.0 Å². The van der Waals surface area contributed by atoms with Gasteiger partial charge in [-0.25, -0.2) is 16.8 Å². The molecule has 0 N–H and O–H groups in total. The summed E-state index contributed by atoms with van der Waals surface area (Å²) >= 11 is 0. The molecule has 0 aliphatic carbocycles. The topological polar surface area (TPSA) is 39.1 Å². The minimum absolute atomic E-state index is 0.220. The smallest absolute Gasteiger partial charge is 0.233 e. The third kappa shape index (κ3) is 2.84. The lowest BCUT2D eigenvalue weighted by Crippen LogP contribution is -2.14. The summed E-state index contributed by atoms with van der Waals surface area (Å²) in [5.74, 6) is -0.361. The predicted octanol–water partition coefficient (Wildman–Crippen LogP) is 5.30. The Hall–Kier alpha value is -2.92. The fourth-order valence-electron chi connectivity index (χ4n) is 3.37. The molecule has 3 aromatic carbocycles. The van der Waals surface area contributed by atoms with Gasteiger partial charge in [-0.05, 0) is 67.4 Å². The highest BCUT2D eigenvalue weighted by molar-refractivity contribution is 7.90. The number of fused-ring (bicyclic) bond motifs is 1. The van der Waals surface area contributed by atoms with Crippen LogP contribution in [0.5, 0.6) is 0 Å². The Labute approximate surface area is 157 Å². The molecular formula is C22H18FNO2S. The van der Waals surface area contributed by atoms with Crippen LogP contribution < -0.4 is 0 Å². The van der Waals surface area contributed by atoms with Crippen molar-refractivity contribution in [3.63, 3.8) is 0 Å². The van der Waals surface area contributed by atoms with Crippen molar-refractivity contribution in [1.82, 2.24) is 3.97 Å². The molecule has 0 amide bonds. The lowest BCUT2D eigenvalue weighted by molar-refractivity contribution is 0.589. The van der Waals surface area contributed by atoms with Crippen molar-refractivity contribution in [3.05, 3.63) is 89.7 Å². The second-order valence-electron chi connectivity index (χ2n) is 6.58. The van der Waals surface area contributed by atoms with Crippen molar-refractivity contribution in [2.24, 2.45) is 0 Å². The summed E-state index contributed by atoms with van der Waals surface area (Å²) in [6.45, 7) is 3.80. The summed E-state index contributed by atoms with van der Waals surface area (Å²) in [5.41, 5.74) is 3.64. The van der Waals surface area contributed by atoms with Crippen LogP contribution in [0, 0.1) is 19.7 Å². The molecule has 5 heteroatoms. The first-order chi connectivity index (χ1) is 12.9. The van der Waals surface area contributed by atoms with Gasteiger partial charge in [0, 0.05) is 5.39 Å². The second-order valence-corrected chi connectivity index (χ2v) is 8.37. The maximum absolute atomic E-state index is 13.5. The largest absolute Gasteiger partial charge is 0.268 e. The van der Waals surface area contributed by atoms with Gasteiger partial charge in [0.05, 0.1) is 16.1 Å². The molecule has 1 aromatic heterocycles. The highest BCUT2D eigenvalue weighted by Crippen LogP contribution is 2.36. The lowest BCUT2D eigenvalue weighted by Gasteiger charge is -2.13. The van der Waals surface area contributed by atoms with Gasteiger partial charge in [0.2, 0.25) is 0 Å². The van der Waals surface area contributed by atoms with E-state index in [1.807, 2.05) is 32.0 Å². The molecule has 0 spiro atoms. The SMILES string of the molecule is Cc1ccc(S(=O)(=O)n2c(-c3ccc(F)cc3)c(C)c3ccccc32)cc1. The average molecular weight is 379 g/mol. The number of hydrogen-bond acceptors (Lipinski definition) is 2. The maximum atomic E-state index is 13.5.